The molecule has 0 radical (unpaired) electrons. The number of hydrogen-bond donors (Lipinski definition) is 0. The van der Waals surface area contributed by atoms with Crippen molar-refractivity contribution in [3.63, 3.8) is 0 Å². The van der Waals surface area contributed by atoms with Crippen molar-refractivity contribution in [2.75, 3.05) is 0 Å². The Bertz CT molecular complexity index is 346. The molecule has 0 N–H and O–H groups in total. The molecular weight excluding hydrogens is 196 g/mol. The van der Waals surface area contributed by atoms with E-state index in [1.165, 1.54) is 69.9 Å². The monoisotopic (exact) mass is 218 g/mol. The maximum absolute atomic E-state index is 4.63. The van der Waals surface area contributed by atoms with E-state index in [1.54, 1.807) is 5.69 Å². The molecule has 0 amide bonds. The third-order valence-corrected chi connectivity index (χ3v) is 4.28. The average molecular weight is 218 g/mol. The zero-order valence-corrected chi connectivity index (χ0v) is 10.1. The van der Waals surface area contributed by atoms with Crippen LogP contribution in [0.15, 0.2) is 6.33 Å². The van der Waals surface area contributed by atoms with Crippen LogP contribution in [0.4, 0.5) is 0 Å². The van der Waals surface area contributed by atoms with Crippen molar-refractivity contribution in [3.8, 4) is 0 Å². The maximum atomic E-state index is 4.63. The molecule has 2 nitrogen and oxygen atoms in total. The Labute approximate surface area is 98.1 Å². The summed E-state index contributed by atoms with van der Waals surface area (Å²) < 4.78 is 2.53. The lowest BCUT2D eigenvalue weighted by Gasteiger charge is -2.21. The standard InChI is InChI=1S/C14H22N2/c1-2-4-8-12(7-3-1)16-11-15-13-9-5-6-10-14(13)16/h11-12H,1-10H2. The van der Waals surface area contributed by atoms with Crippen LogP contribution < -0.4 is 0 Å². The van der Waals surface area contributed by atoms with E-state index in [9.17, 15) is 0 Å². The highest BCUT2D eigenvalue weighted by Gasteiger charge is 2.21. The van der Waals surface area contributed by atoms with Gasteiger partial charge < -0.3 is 4.57 Å². The summed E-state index contributed by atoms with van der Waals surface area (Å²) in [4.78, 5) is 4.63. The molecule has 0 bridgehead atoms. The summed E-state index contributed by atoms with van der Waals surface area (Å²) in [5.41, 5.74) is 2.97. The largest absolute Gasteiger partial charge is 0.331 e. The molecule has 2 heteroatoms. The summed E-state index contributed by atoms with van der Waals surface area (Å²) in [6.45, 7) is 0. The van der Waals surface area contributed by atoms with E-state index in [-0.39, 0.29) is 0 Å². The molecule has 16 heavy (non-hydrogen) atoms. The van der Waals surface area contributed by atoms with Gasteiger partial charge in [-0.05, 0) is 38.5 Å². The minimum atomic E-state index is 0.761. The quantitative estimate of drug-likeness (QED) is 0.658. The predicted molar refractivity (Wildman–Crippen MR) is 65.6 cm³/mol. The van der Waals surface area contributed by atoms with Crippen molar-refractivity contribution < 1.29 is 0 Å². The topological polar surface area (TPSA) is 17.8 Å². The summed E-state index contributed by atoms with van der Waals surface area (Å²) in [5, 5.41) is 0. The van der Waals surface area contributed by atoms with Crippen LogP contribution in [0.1, 0.15) is 68.8 Å². The first-order valence-electron chi connectivity index (χ1n) is 7.00. The number of aromatic nitrogens is 2. The fourth-order valence-electron chi connectivity index (χ4n) is 3.34. The van der Waals surface area contributed by atoms with Gasteiger partial charge in [-0.15, -0.1) is 0 Å². The Morgan fingerprint density at radius 2 is 1.69 bits per heavy atom. The van der Waals surface area contributed by atoms with Crippen LogP contribution in [-0.2, 0) is 12.8 Å². The van der Waals surface area contributed by atoms with E-state index in [0.29, 0.717) is 0 Å². The Balaban J connectivity index is 1.84. The zero-order chi connectivity index (χ0) is 10.8. The average Bonchev–Trinajstić information content (AvgIpc) is 2.57. The Morgan fingerprint density at radius 1 is 0.938 bits per heavy atom. The van der Waals surface area contributed by atoms with Gasteiger partial charge in [0.1, 0.15) is 0 Å². The number of nitrogens with zero attached hydrogens (tertiary/aromatic N) is 2. The molecule has 0 aromatic carbocycles. The SMILES string of the molecule is c1nc2c(n1C1CCCCCC1)CCCC2. The van der Waals surface area contributed by atoms with Gasteiger partial charge in [0.25, 0.3) is 0 Å². The second-order valence-electron chi connectivity index (χ2n) is 5.40. The van der Waals surface area contributed by atoms with Gasteiger partial charge in [-0.3, -0.25) is 0 Å². The number of rotatable bonds is 1. The fraction of sp³-hybridized carbons (Fsp3) is 0.786. The smallest absolute Gasteiger partial charge is 0.0954 e. The highest BCUT2D eigenvalue weighted by atomic mass is 15.1. The van der Waals surface area contributed by atoms with Gasteiger partial charge in [-0.2, -0.15) is 0 Å². The van der Waals surface area contributed by atoms with E-state index in [2.05, 4.69) is 15.9 Å². The predicted octanol–water partition coefficient (Wildman–Crippen LogP) is 3.66. The van der Waals surface area contributed by atoms with Gasteiger partial charge in [0.15, 0.2) is 0 Å². The Morgan fingerprint density at radius 3 is 2.50 bits per heavy atom. The van der Waals surface area contributed by atoms with Crippen molar-refractivity contribution in [1.29, 1.82) is 0 Å². The molecule has 0 atom stereocenters. The third kappa shape index (κ3) is 1.90. The maximum Gasteiger partial charge on any atom is 0.0954 e. The first kappa shape index (κ1) is 10.4. The lowest BCUT2D eigenvalue weighted by molar-refractivity contribution is 0.426. The molecule has 3 rings (SSSR count). The van der Waals surface area contributed by atoms with E-state index >= 15 is 0 Å². The highest BCUT2D eigenvalue weighted by Crippen LogP contribution is 2.31. The minimum Gasteiger partial charge on any atom is -0.331 e. The second-order valence-corrected chi connectivity index (χ2v) is 5.40. The van der Waals surface area contributed by atoms with Gasteiger partial charge in [0.2, 0.25) is 0 Å². The zero-order valence-electron chi connectivity index (χ0n) is 10.1. The first-order chi connectivity index (χ1) is 7.95. The summed E-state index contributed by atoms with van der Waals surface area (Å²) in [5.74, 6) is 0. The molecule has 0 aliphatic heterocycles. The van der Waals surface area contributed by atoms with Gasteiger partial charge in [-0.1, -0.05) is 25.7 Å². The number of fused-ring (bicyclic) bond motifs is 1. The normalized spacial score (nSPS) is 22.8. The number of imidazole rings is 1. The number of aryl methyl sites for hydroxylation is 1. The molecule has 1 saturated carbocycles. The summed E-state index contributed by atoms with van der Waals surface area (Å²) in [6.07, 6.45) is 15.8. The van der Waals surface area contributed by atoms with Crippen LogP contribution in [0, 0.1) is 0 Å². The van der Waals surface area contributed by atoms with Gasteiger partial charge >= 0.3 is 0 Å². The third-order valence-electron chi connectivity index (χ3n) is 4.28. The first-order valence-corrected chi connectivity index (χ1v) is 7.00. The van der Waals surface area contributed by atoms with Crippen LogP contribution in [0.5, 0.6) is 0 Å². The molecule has 1 heterocycles. The van der Waals surface area contributed by atoms with Crippen LogP contribution >= 0.6 is 0 Å². The molecule has 2 aliphatic carbocycles. The van der Waals surface area contributed by atoms with Crippen molar-refractivity contribution in [1.82, 2.24) is 9.55 Å². The van der Waals surface area contributed by atoms with E-state index < -0.39 is 0 Å². The van der Waals surface area contributed by atoms with Crippen LogP contribution in [0.2, 0.25) is 0 Å². The molecule has 0 spiro atoms. The lowest BCUT2D eigenvalue weighted by atomic mass is 10.00. The second kappa shape index (κ2) is 4.60. The van der Waals surface area contributed by atoms with E-state index in [0.717, 1.165) is 6.04 Å². The van der Waals surface area contributed by atoms with E-state index in [4.69, 9.17) is 0 Å². The van der Waals surface area contributed by atoms with Gasteiger partial charge in [0, 0.05) is 11.7 Å². The van der Waals surface area contributed by atoms with E-state index in [1.807, 2.05) is 0 Å². The van der Waals surface area contributed by atoms with Crippen molar-refractivity contribution in [3.05, 3.63) is 17.7 Å². The van der Waals surface area contributed by atoms with Crippen LogP contribution in [-0.4, -0.2) is 9.55 Å². The lowest BCUT2D eigenvalue weighted by Crippen LogP contribution is -2.13. The molecule has 1 fully saturated rings. The summed E-state index contributed by atoms with van der Waals surface area (Å²) in [6, 6.07) is 0.761. The Hall–Kier alpha value is -0.790. The van der Waals surface area contributed by atoms with Crippen molar-refractivity contribution in [2.24, 2.45) is 0 Å². The van der Waals surface area contributed by atoms with Crippen LogP contribution in [0.3, 0.4) is 0 Å². The number of hydrogen-bond acceptors (Lipinski definition) is 1. The molecule has 88 valence electrons. The van der Waals surface area contributed by atoms with Crippen LogP contribution in [0.25, 0.3) is 0 Å². The summed E-state index contributed by atoms with van der Waals surface area (Å²) >= 11 is 0. The highest BCUT2D eigenvalue weighted by molar-refractivity contribution is 5.17. The molecule has 2 aliphatic rings. The molecule has 1 aromatic rings. The van der Waals surface area contributed by atoms with Gasteiger partial charge in [0.05, 0.1) is 12.0 Å². The fourth-order valence-corrected chi connectivity index (χ4v) is 3.34. The molecule has 0 unspecified atom stereocenters. The van der Waals surface area contributed by atoms with Gasteiger partial charge in [-0.25, -0.2) is 4.98 Å². The summed E-state index contributed by atoms with van der Waals surface area (Å²) in [7, 11) is 0. The van der Waals surface area contributed by atoms with Crippen molar-refractivity contribution >= 4 is 0 Å². The molecule has 0 saturated heterocycles. The minimum absolute atomic E-state index is 0.761. The van der Waals surface area contributed by atoms with Crippen molar-refractivity contribution in [2.45, 2.75) is 70.3 Å². The molecular formula is C14H22N2. The molecule has 1 aromatic heterocycles. The Kier molecular flexibility index (Phi) is 2.98.